The lowest BCUT2D eigenvalue weighted by Gasteiger charge is -2.11. The van der Waals surface area contributed by atoms with E-state index >= 15 is 0 Å². The monoisotopic (exact) mass is 442 g/mol. The maximum atomic E-state index is 12.7. The standard InChI is InChI=1S/C22H22N2O4S2/c1-28-20-12-10-18(11-13-20)24-30(26,27)21-5-3-4-19(14-21)23-22(25)17-8-6-16(7-9-17)15-29-2/h3-14,24H,15H2,1-2H3,(H,23,25). The number of hydrogen-bond donors (Lipinski definition) is 2. The van der Waals surface area contributed by atoms with Gasteiger partial charge in [0.25, 0.3) is 15.9 Å². The fourth-order valence-electron chi connectivity index (χ4n) is 2.74. The summed E-state index contributed by atoms with van der Waals surface area (Å²) >= 11 is 1.71. The van der Waals surface area contributed by atoms with E-state index < -0.39 is 10.0 Å². The highest BCUT2D eigenvalue weighted by molar-refractivity contribution is 7.97. The maximum Gasteiger partial charge on any atom is 0.261 e. The molecule has 0 aliphatic rings. The lowest BCUT2D eigenvalue weighted by atomic mass is 10.1. The van der Waals surface area contributed by atoms with Gasteiger partial charge < -0.3 is 10.1 Å². The Morgan fingerprint density at radius 2 is 1.67 bits per heavy atom. The number of thioether (sulfide) groups is 1. The van der Waals surface area contributed by atoms with Crippen molar-refractivity contribution in [1.29, 1.82) is 0 Å². The van der Waals surface area contributed by atoms with E-state index in [2.05, 4.69) is 10.0 Å². The molecule has 0 aliphatic carbocycles. The van der Waals surface area contributed by atoms with Crippen LogP contribution >= 0.6 is 11.8 Å². The molecule has 1 amide bonds. The van der Waals surface area contributed by atoms with Crippen molar-refractivity contribution >= 4 is 39.1 Å². The van der Waals surface area contributed by atoms with Crippen molar-refractivity contribution in [3.05, 3.63) is 83.9 Å². The van der Waals surface area contributed by atoms with Gasteiger partial charge in [0.15, 0.2) is 0 Å². The molecule has 0 saturated carbocycles. The lowest BCUT2D eigenvalue weighted by molar-refractivity contribution is 0.102. The first-order chi connectivity index (χ1) is 14.4. The molecule has 3 aromatic carbocycles. The van der Waals surface area contributed by atoms with Crippen LogP contribution in [0.15, 0.2) is 77.7 Å². The molecular formula is C22H22N2O4S2. The molecule has 0 fully saturated rings. The first-order valence-electron chi connectivity index (χ1n) is 9.07. The Kier molecular flexibility index (Phi) is 7.02. The van der Waals surface area contributed by atoms with Gasteiger partial charge in [-0.2, -0.15) is 11.8 Å². The van der Waals surface area contributed by atoms with Gasteiger partial charge in [-0.25, -0.2) is 8.42 Å². The van der Waals surface area contributed by atoms with Crippen molar-refractivity contribution in [2.24, 2.45) is 0 Å². The van der Waals surface area contributed by atoms with Crippen LogP contribution in [-0.4, -0.2) is 27.7 Å². The predicted molar refractivity (Wildman–Crippen MR) is 122 cm³/mol. The Hall–Kier alpha value is -2.97. The summed E-state index contributed by atoms with van der Waals surface area (Å²) in [6.07, 6.45) is 2.02. The molecule has 3 rings (SSSR count). The van der Waals surface area contributed by atoms with E-state index in [4.69, 9.17) is 4.74 Å². The Balaban J connectivity index is 1.73. The van der Waals surface area contributed by atoms with E-state index in [-0.39, 0.29) is 10.8 Å². The normalized spacial score (nSPS) is 11.0. The molecule has 0 aromatic heterocycles. The average Bonchev–Trinajstić information content (AvgIpc) is 2.75. The summed E-state index contributed by atoms with van der Waals surface area (Å²) in [5.74, 6) is 1.20. The third kappa shape index (κ3) is 5.55. The summed E-state index contributed by atoms with van der Waals surface area (Å²) in [5.41, 5.74) is 2.45. The Labute approximate surface area is 180 Å². The van der Waals surface area contributed by atoms with Crippen molar-refractivity contribution in [3.63, 3.8) is 0 Å². The summed E-state index contributed by atoms with van der Waals surface area (Å²) in [4.78, 5) is 12.6. The van der Waals surface area contributed by atoms with Gasteiger partial charge in [0.1, 0.15) is 5.75 Å². The highest BCUT2D eigenvalue weighted by atomic mass is 32.2. The van der Waals surface area contributed by atoms with Crippen LogP contribution in [-0.2, 0) is 15.8 Å². The summed E-state index contributed by atoms with van der Waals surface area (Å²) in [6, 6.07) is 20.0. The van der Waals surface area contributed by atoms with E-state index in [0.29, 0.717) is 22.7 Å². The average molecular weight is 443 g/mol. The van der Waals surface area contributed by atoms with E-state index in [1.165, 1.54) is 19.2 Å². The van der Waals surface area contributed by atoms with Gasteiger partial charge >= 0.3 is 0 Å². The first kappa shape index (κ1) is 21.7. The van der Waals surface area contributed by atoms with E-state index in [9.17, 15) is 13.2 Å². The number of hydrogen-bond acceptors (Lipinski definition) is 5. The highest BCUT2D eigenvalue weighted by Crippen LogP contribution is 2.22. The first-order valence-corrected chi connectivity index (χ1v) is 11.9. The van der Waals surface area contributed by atoms with Crippen molar-refractivity contribution in [1.82, 2.24) is 0 Å². The molecule has 2 N–H and O–H groups in total. The minimum atomic E-state index is -3.81. The molecule has 8 heteroatoms. The predicted octanol–water partition coefficient (Wildman–Crippen LogP) is 4.61. The number of benzene rings is 3. The number of amides is 1. The summed E-state index contributed by atoms with van der Waals surface area (Å²) in [5, 5.41) is 2.75. The number of carbonyl (C=O) groups excluding carboxylic acids is 1. The van der Waals surface area contributed by atoms with Crippen molar-refractivity contribution in [2.45, 2.75) is 10.6 Å². The highest BCUT2D eigenvalue weighted by Gasteiger charge is 2.16. The summed E-state index contributed by atoms with van der Waals surface area (Å²) in [7, 11) is -2.27. The van der Waals surface area contributed by atoms with Gasteiger partial charge in [0.05, 0.1) is 12.0 Å². The SMILES string of the molecule is COc1ccc(NS(=O)(=O)c2cccc(NC(=O)c3ccc(CSC)cc3)c2)cc1. The Morgan fingerprint density at radius 1 is 0.967 bits per heavy atom. The van der Waals surface area contributed by atoms with Gasteiger partial charge in [-0.1, -0.05) is 18.2 Å². The Morgan fingerprint density at radius 3 is 2.30 bits per heavy atom. The van der Waals surface area contributed by atoms with E-state index in [0.717, 1.165) is 11.3 Å². The quantitative estimate of drug-likeness (QED) is 0.532. The Bertz CT molecular complexity index is 1110. The molecule has 156 valence electrons. The largest absolute Gasteiger partial charge is 0.497 e. The van der Waals surface area contributed by atoms with Crippen LogP contribution in [0, 0.1) is 0 Å². The van der Waals surface area contributed by atoms with Crippen molar-refractivity contribution in [3.8, 4) is 5.75 Å². The minimum Gasteiger partial charge on any atom is -0.497 e. The van der Waals surface area contributed by atoms with Crippen molar-refractivity contribution < 1.29 is 17.9 Å². The van der Waals surface area contributed by atoms with Gasteiger partial charge in [-0.05, 0) is 66.4 Å². The summed E-state index contributed by atoms with van der Waals surface area (Å²) in [6.45, 7) is 0. The molecule has 6 nitrogen and oxygen atoms in total. The molecule has 0 atom stereocenters. The molecule has 0 bridgehead atoms. The van der Waals surface area contributed by atoms with Crippen LogP contribution in [0.25, 0.3) is 0 Å². The third-order valence-corrected chi connectivity index (χ3v) is 6.27. The fraction of sp³-hybridized carbons (Fsp3) is 0.136. The molecule has 30 heavy (non-hydrogen) atoms. The third-order valence-electron chi connectivity index (χ3n) is 4.27. The number of carbonyl (C=O) groups is 1. The van der Waals surface area contributed by atoms with Gasteiger partial charge in [-0.3, -0.25) is 9.52 Å². The number of rotatable bonds is 8. The van der Waals surface area contributed by atoms with Crippen molar-refractivity contribution in [2.75, 3.05) is 23.4 Å². The number of anilines is 2. The van der Waals surface area contributed by atoms with Gasteiger partial charge in [-0.15, -0.1) is 0 Å². The van der Waals surface area contributed by atoms with Crippen LogP contribution < -0.4 is 14.8 Å². The molecule has 0 aliphatic heterocycles. The zero-order valence-electron chi connectivity index (χ0n) is 16.6. The minimum absolute atomic E-state index is 0.0476. The molecule has 0 heterocycles. The maximum absolute atomic E-state index is 12.7. The zero-order valence-corrected chi connectivity index (χ0v) is 18.2. The molecule has 3 aromatic rings. The molecule has 0 saturated heterocycles. The van der Waals surface area contributed by atoms with Crippen LogP contribution in [0.1, 0.15) is 15.9 Å². The van der Waals surface area contributed by atoms with E-state index in [1.54, 1.807) is 60.3 Å². The van der Waals surface area contributed by atoms with Crippen LogP contribution in [0.2, 0.25) is 0 Å². The van der Waals surface area contributed by atoms with Gasteiger partial charge in [0.2, 0.25) is 0 Å². The number of ether oxygens (including phenoxy) is 1. The topological polar surface area (TPSA) is 84.5 Å². The molecule has 0 radical (unpaired) electrons. The second kappa shape index (κ2) is 9.69. The molecule has 0 unspecified atom stereocenters. The van der Waals surface area contributed by atoms with Crippen LogP contribution in [0.3, 0.4) is 0 Å². The van der Waals surface area contributed by atoms with Gasteiger partial charge in [0, 0.05) is 22.7 Å². The second-order valence-electron chi connectivity index (χ2n) is 6.45. The van der Waals surface area contributed by atoms with Crippen LogP contribution in [0.5, 0.6) is 5.75 Å². The van der Waals surface area contributed by atoms with E-state index in [1.807, 2.05) is 18.4 Å². The number of nitrogens with one attached hydrogen (secondary N) is 2. The zero-order chi connectivity index (χ0) is 21.6. The smallest absolute Gasteiger partial charge is 0.261 e. The molecular weight excluding hydrogens is 420 g/mol. The summed E-state index contributed by atoms with van der Waals surface area (Å²) < 4.78 is 33.0. The second-order valence-corrected chi connectivity index (χ2v) is 8.99. The lowest BCUT2D eigenvalue weighted by Crippen LogP contribution is -2.15. The number of methoxy groups -OCH3 is 1. The van der Waals surface area contributed by atoms with Crippen LogP contribution in [0.4, 0.5) is 11.4 Å². The molecule has 0 spiro atoms. The fourth-order valence-corrected chi connectivity index (χ4v) is 4.37. The number of sulfonamides is 1.